The molecular formula is C39H59NO12. The Balaban J connectivity index is 3.82. The zero-order valence-electron chi connectivity index (χ0n) is 31.5. The van der Waals surface area contributed by atoms with E-state index in [1.165, 1.54) is 12.1 Å². The van der Waals surface area contributed by atoms with Gasteiger partial charge in [-0.15, -0.1) is 0 Å². The molecule has 0 fully saturated rings. The Morgan fingerprint density at radius 1 is 0.558 bits per heavy atom. The lowest BCUT2D eigenvalue weighted by atomic mass is 9.73. The van der Waals surface area contributed by atoms with E-state index in [0.717, 1.165) is 76.3 Å². The summed E-state index contributed by atoms with van der Waals surface area (Å²) in [5, 5.41) is 11.8. The van der Waals surface area contributed by atoms with Crippen LogP contribution in [0.1, 0.15) is 142 Å². The highest BCUT2D eigenvalue weighted by Gasteiger charge is 2.52. The number of ether oxygens (including phenoxy) is 4. The summed E-state index contributed by atoms with van der Waals surface area (Å²) in [6.07, 6.45) is 11.6. The summed E-state index contributed by atoms with van der Waals surface area (Å²) in [5.74, 6) is -14.5. The lowest BCUT2D eigenvalue weighted by Gasteiger charge is -2.29. The summed E-state index contributed by atoms with van der Waals surface area (Å²) in [6, 6.07) is 4.64. The second kappa shape index (κ2) is 27.5. The van der Waals surface area contributed by atoms with Crippen molar-refractivity contribution in [3.8, 4) is 0 Å². The van der Waals surface area contributed by atoms with E-state index in [4.69, 9.17) is 18.9 Å². The maximum atomic E-state index is 14.0. The van der Waals surface area contributed by atoms with Crippen LogP contribution in [-0.4, -0.2) is 66.8 Å². The van der Waals surface area contributed by atoms with Crippen LogP contribution in [0.4, 0.5) is 5.69 Å². The molecule has 13 nitrogen and oxygen atoms in total. The molecule has 0 N–H and O–H groups in total. The SMILES string of the molecule is CCCCCCOC(=O)C(=O)C(C(=O)OCCCCCC)C(c1cccc([N+](=O)[O-])c1)C(C(=O)OCCCCCC)C(=O)C(=O)OCCCCCC. The first-order chi connectivity index (χ1) is 25.0. The summed E-state index contributed by atoms with van der Waals surface area (Å²) < 4.78 is 21.4. The Morgan fingerprint density at radius 2 is 0.923 bits per heavy atom. The minimum atomic E-state index is -2.20. The molecule has 0 bridgehead atoms. The fraction of sp³-hybridized carbons (Fsp3) is 0.692. The van der Waals surface area contributed by atoms with E-state index in [9.17, 15) is 38.9 Å². The number of rotatable bonds is 30. The van der Waals surface area contributed by atoms with Gasteiger partial charge in [0.05, 0.1) is 31.4 Å². The van der Waals surface area contributed by atoms with Crippen molar-refractivity contribution < 1.29 is 52.6 Å². The van der Waals surface area contributed by atoms with Gasteiger partial charge in [0, 0.05) is 18.1 Å². The highest BCUT2D eigenvalue weighted by atomic mass is 16.6. The number of carbonyl (C=O) groups excluding carboxylic acids is 6. The molecule has 0 aliphatic rings. The molecule has 0 aliphatic carbocycles. The van der Waals surface area contributed by atoms with Crippen LogP contribution in [0, 0.1) is 22.0 Å². The van der Waals surface area contributed by atoms with Gasteiger partial charge >= 0.3 is 23.9 Å². The summed E-state index contributed by atoms with van der Waals surface area (Å²) in [5.41, 5.74) is -0.693. The molecule has 0 radical (unpaired) electrons. The number of non-ortho nitro benzene ring substituents is 1. The van der Waals surface area contributed by atoms with Gasteiger partial charge in [0.15, 0.2) is 0 Å². The molecule has 2 unspecified atom stereocenters. The summed E-state index contributed by atoms with van der Waals surface area (Å²) in [4.78, 5) is 93.5. The molecule has 0 saturated carbocycles. The highest BCUT2D eigenvalue weighted by Crippen LogP contribution is 2.38. The number of nitro groups is 1. The van der Waals surface area contributed by atoms with E-state index in [-0.39, 0.29) is 32.0 Å². The summed E-state index contributed by atoms with van der Waals surface area (Å²) in [7, 11) is 0. The van der Waals surface area contributed by atoms with Crippen molar-refractivity contribution in [3.05, 3.63) is 39.9 Å². The molecule has 0 saturated heterocycles. The summed E-state index contributed by atoms with van der Waals surface area (Å²) in [6.45, 7) is 7.45. The number of nitro benzene ring substituents is 1. The highest BCUT2D eigenvalue weighted by molar-refractivity contribution is 6.40. The van der Waals surface area contributed by atoms with Gasteiger partial charge in [0.1, 0.15) is 11.8 Å². The number of hydrogen-bond acceptors (Lipinski definition) is 12. The van der Waals surface area contributed by atoms with E-state index < -0.39 is 63.8 Å². The van der Waals surface area contributed by atoms with Gasteiger partial charge in [0.2, 0.25) is 0 Å². The van der Waals surface area contributed by atoms with Crippen LogP contribution in [0.15, 0.2) is 24.3 Å². The Hall–Kier alpha value is -4.16. The third-order valence-corrected chi connectivity index (χ3v) is 8.61. The average Bonchev–Trinajstić information content (AvgIpc) is 3.13. The van der Waals surface area contributed by atoms with E-state index in [1.54, 1.807) is 0 Å². The molecular weight excluding hydrogens is 674 g/mol. The van der Waals surface area contributed by atoms with Gasteiger partial charge < -0.3 is 18.9 Å². The number of unbranched alkanes of at least 4 members (excludes halogenated alkanes) is 12. The average molecular weight is 734 g/mol. The summed E-state index contributed by atoms with van der Waals surface area (Å²) >= 11 is 0. The van der Waals surface area contributed by atoms with Crippen molar-refractivity contribution in [2.45, 2.75) is 136 Å². The predicted octanol–water partition coefficient (Wildman–Crippen LogP) is 7.54. The minimum Gasteiger partial charge on any atom is -0.465 e. The fourth-order valence-electron chi connectivity index (χ4n) is 5.62. The molecule has 0 aromatic heterocycles. The Bertz CT molecular complexity index is 1210. The van der Waals surface area contributed by atoms with Crippen molar-refractivity contribution in [3.63, 3.8) is 0 Å². The third kappa shape index (κ3) is 16.9. The maximum Gasteiger partial charge on any atom is 0.375 e. The second-order valence-electron chi connectivity index (χ2n) is 12.9. The van der Waals surface area contributed by atoms with Crippen LogP contribution in [0.3, 0.4) is 0 Å². The van der Waals surface area contributed by atoms with Crippen LogP contribution in [0.2, 0.25) is 0 Å². The normalized spacial score (nSPS) is 12.6. The first-order valence-corrected chi connectivity index (χ1v) is 19.0. The molecule has 13 heteroatoms. The first-order valence-electron chi connectivity index (χ1n) is 19.0. The van der Waals surface area contributed by atoms with Crippen LogP contribution in [0.5, 0.6) is 0 Å². The van der Waals surface area contributed by atoms with E-state index in [1.807, 2.05) is 27.7 Å². The van der Waals surface area contributed by atoms with Crippen LogP contribution >= 0.6 is 0 Å². The number of carbonyl (C=O) groups is 6. The Kier molecular flexibility index (Phi) is 24.2. The zero-order valence-corrected chi connectivity index (χ0v) is 31.5. The number of Topliss-reactive ketones (excluding diaryl/α,β-unsaturated/α-hetero) is 2. The van der Waals surface area contributed by atoms with E-state index >= 15 is 0 Å². The minimum absolute atomic E-state index is 0.128. The molecule has 1 aromatic rings. The number of benzene rings is 1. The second-order valence-corrected chi connectivity index (χ2v) is 12.9. The predicted molar refractivity (Wildman–Crippen MR) is 193 cm³/mol. The third-order valence-electron chi connectivity index (χ3n) is 8.61. The smallest absolute Gasteiger partial charge is 0.375 e. The molecule has 0 spiro atoms. The van der Waals surface area contributed by atoms with Gasteiger partial charge in [0.25, 0.3) is 17.3 Å². The van der Waals surface area contributed by atoms with Crippen molar-refractivity contribution in [2.75, 3.05) is 26.4 Å². The standard InChI is InChI=1S/C39H59NO12/c1-5-9-13-17-24-49-36(43)32(34(41)38(45)51-26-19-15-11-7-3)31(29-22-21-23-30(28-29)40(47)48)33(37(44)50-25-18-14-10-6-2)35(42)39(46)52-27-20-16-12-8-4/h21-23,28,31-33H,5-20,24-27H2,1-4H3. The molecule has 1 rings (SSSR count). The molecule has 2 atom stereocenters. The van der Waals surface area contributed by atoms with Crippen molar-refractivity contribution in [2.24, 2.45) is 11.8 Å². The molecule has 1 aromatic carbocycles. The largest absolute Gasteiger partial charge is 0.465 e. The van der Waals surface area contributed by atoms with Gasteiger partial charge in [-0.25, -0.2) is 9.59 Å². The molecule has 292 valence electrons. The Labute approximate surface area is 308 Å². The zero-order chi connectivity index (χ0) is 38.7. The van der Waals surface area contributed by atoms with Gasteiger partial charge in [-0.2, -0.15) is 0 Å². The molecule has 0 heterocycles. The van der Waals surface area contributed by atoms with E-state index in [0.29, 0.717) is 38.5 Å². The van der Waals surface area contributed by atoms with Crippen molar-refractivity contribution in [1.29, 1.82) is 0 Å². The van der Waals surface area contributed by atoms with Gasteiger partial charge in [-0.05, 0) is 31.2 Å². The van der Waals surface area contributed by atoms with E-state index in [2.05, 4.69) is 0 Å². The number of nitrogens with zero attached hydrogens (tertiary/aromatic N) is 1. The fourth-order valence-corrected chi connectivity index (χ4v) is 5.62. The molecule has 0 aliphatic heterocycles. The van der Waals surface area contributed by atoms with Crippen LogP contribution in [0.25, 0.3) is 0 Å². The topological polar surface area (TPSA) is 182 Å². The monoisotopic (exact) mass is 733 g/mol. The quantitative estimate of drug-likeness (QED) is 0.0144. The van der Waals surface area contributed by atoms with Crippen LogP contribution < -0.4 is 0 Å². The maximum absolute atomic E-state index is 14.0. The number of esters is 4. The van der Waals surface area contributed by atoms with Gasteiger partial charge in [-0.1, -0.05) is 117 Å². The number of ketones is 2. The first kappa shape index (κ1) is 45.9. The number of hydrogen-bond donors (Lipinski definition) is 0. The lowest BCUT2D eigenvalue weighted by molar-refractivity contribution is -0.385. The molecule has 0 amide bonds. The van der Waals surface area contributed by atoms with Crippen molar-refractivity contribution >= 4 is 41.1 Å². The van der Waals surface area contributed by atoms with Crippen molar-refractivity contribution in [1.82, 2.24) is 0 Å². The Morgan fingerprint density at radius 3 is 1.27 bits per heavy atom. The molecule has 52 heavy (non-hydrogen) atoms. The van der Waals surface area contributed by atoms with Gasteiger partial charge in [-0.3, -0.25) is 29.3 Å². The van der Waals surface area contributed by atoms with Crippen LogP contribution in [-0.2, 0) is 47.7 Å². The lowest BCUT2D eigenvalue weighted by Crippen LogP contribution is -2.46.